The minimum atomic E-state index is 0.181. The Bertz CT molecular complexity index is 260. The maximum Gasteiger partial charge on any atom is 0.230 e. The number of amides is 2. The molecule has 0 atom stereocenters. The molecule has 0 aromatic carbocycles. The molecule has 0 aromatic heterocycles. The van der Waals surface area contributed by atoms with Gasteiger partial charge in [0.1, 0.15) is 0 Å². The van der Waals surface area contributed by atoms with Gasteiger partial charge in [-0.3, -0.25) is 9.59 Å². The monoisotopic (exact) mass is 226 g/mol. The Morgan fingerprint density at radius 3 is 1.88 bits per heavy atom. The fraction of sp³-hybridized carbons (Fsp3) is 0.667. The standard InChI is InChI=1S/C5H9NO.C5H7NO.C2H6/c2*1-6-4-2-3-5(6)7;1-2/h2-4H2,1H3;2,4H,3H2,1H3;1-2H3. The third kappa shape index (κ3) is 4.96. The van der Waals surface area contributed by atoms with Gasteiger partial charge < -0.3 is 9.80 Å². The number of rotatable bonds is 0. The maximum absolute atomic E-state index is 10.5. The van der Waals surface area contributed by atoms with Crippen molar-refractivity contribution in [3.05, 3.63) is 12.3 Å². The number of carbonyl (C=O) groups is 2. The maximum atomic E-state index is 10.5. The van der Waals surface area contributed by atoms with Crippen LogP contribution >= 0.6 is 0 Å². The number of carbonyl (C=O) groups excluding carboxylic acids is 2. The van der Waals surface area contributed by atoms with Crippen LogP contribution in [0.3, 0.4) is 0 Å². The molecule has 2 amide bonds. The molecule has 2 aliphatic rings. The molecule has 0 aliphatic carbocycles. The van der Waals surface area contributed by atoms with Crippen LogP contribution in [0.2, 0.25) is 0 Å². The van der Waals surface area contributed by atoms with E-state index in [0.29, 0.717) is 12.3 Å². The molecule has 1 fully saturated rings. The van der Waals surface area contributed by atoms with Gasteiger partial charge in [-0.25, -0.2) is 0 Å². The molecule has 2 heterocycles. The minimum absolute atomic E-state index is 0.181. The zero-order valence-electron chi connectivity index (χ0n) is 10.7. The quantitative estimate of drug-likeness (QED) is 0.630. The van der Waals surface area contributed by atoms with Crippen LogP contribution in [0.5, 0.6) is 0 Å². The van der Waals surface area contributed by atoms with Gasteiger partial charge in [0, 0.05) is 39.7 Å². The van der Waals surface area contributed by atoms with Gasteiger partial charge in [0.05, 0.1) is 0 Å². The molecule has 0 aromatic rings. The first-order valence-electron chi connectivity index (χ1n) is 5.77. The van der Waals surface area contributed by atoms with E-state index in [1.54, 1.807) is 23.0 Å². The van der Waals surface area contributed by atoms with Gasteiger partial charge in [-0.2, -0.15) is 0 Å². The highest BCUT2D eigenvalue weighted by Gasteiger charge is 2.14. The summed E-state index contributed by atoms with van der Waals surface area (Å²) in [5, 5.41) is 0. The molecule has 0 radical (unpaired) electrons. The van der Waals surface area contributed by atoms with Gasteiger partial charge in [0.25, 0.3) is 0 Å². The predicted molar refractivity (Wildman–Crippen MR) is 64.7 cm³/mol. The van der Waals surface area contributed by atoms with Crippen LogP contribution in [0.1, 0.15) is 33.1 Å². The lowest BCUT2D eigenvalue weighted by Crippen LogP contribution is -2.17. The van der Waals surface area contributed by atoms with E-state index >= 15 is 0 Å². The van der Waals surface area contributed by atoms with Crippen molar-refractivity contribution < 1.29 is 9.59 Å². The van der Waals surface area contributed by atoms with E-state index in [9.17, 15) is 9.59 Å². The van der Waals surface area contributed by atoms with E-state index in [0.717, 1.165) is 19.4 Å². The number of nitrogens with zero attached hydrogens (tertiary/aromatic N) is 2. The molecule has 0 bridgehead atoms. The SMILES string of the molecule is CC.CN1C=CCC1=O.CN1CCCC1=O. The Balaban J connectivity index is 0.000000244. The van der Waals surface area contributed by atoms with Crippen molar-refractivity contribution in [2.24, 2.45) is 0 Å². The Hall–Kier alpha value is -1.32. The first kappa shape index (κ1) is 14.7. The normalized spacial score (nSPS) is 18.0. The van der Waals surface area contributed by atoms with Gasteiger partial charge in [-0.05, 0) is 6.42 Å². The van der Waals surface area contributed by atoms with Gasteiger partial charge >= 0.3 is 0 Å². The van der Waals surface area contributed by atoms with Crippen LogP contribution < -0.4 is 0 Å². The van der Waals surface area contributed by atoms with E-state index in [4.69, 9.17) is 0 Å². The molecule has 4 heteroatoms. The Labute approximate surface area is 97.9 Å². The highest BCUT2D eigenvalue weighted by atomic mass is 16.2. The number of likely N-dealkylation sites (tertiary alicyclic amines) is 1. The topological polar surface area (TPSA) is 40.6 Å². The summed E-state index contributed by atoms with van der Waals surface area (Å²) < 4.78 is 0. The lowest BCUT2D eigenvalue weighted by atomic mass is 10.4. The van der Waals surface area contributed by atoms with Crippen LogP contribution in [-0.2, 0) is 9.59 Å². The van der Waals surface area contributed by atoms with Gasteiger partial charge in [0.2, 0.25) is 11.8 Å². The molecule has 0 unspecified atom stereocenters. The third-order valence-corrected chi connectivity index (χ3v) is 2.32. The lowest BCUT2D eigenvalue weighted by molar-refractivity contribution is -0.127. The molecule has 92 valence electrons. The van der Waals surface area contributed by atoms with Gasteiger partial charge in [-0.1, -0.05) is 19.9 Å². The fourth-order valence-corrected chi connectivity index (χ4v) is 1.32. The smallest absolute Gasteiger partial charge is 0.230 e. The largest absolute Gasteiger partial charge is 0.346 e. The Morgan fingerprint density at radius 2 is 1.75 bits per heavy atom. The van der Waals surface area contributed by atoms with E-state index in [1.807, 2.05) is 27.0 Å². The van der Waals surface area contributed by atoms with E-state index in [2.05, 4.69) is 0 Å². The van der Waals surface area contributed by atoms with Gasteiger partial charge in [0.15, 0.2) is 0 Å². The van der Waals surface area contributed by atoms with Crippen LogP contribution in [0.4, 0.5) is 0 Å². The van der Waals surface area contributed by atoms with E-state index in [1.165, 1.54) is 0 Å². The number of hydrogen-bond acceptors (Lipinski definition) is 2. The van der Waals surface area contributed by atoms with Crippen molar-refractivity contribution in [1.29, 1.82) is 0 Å². The molecular weight excluding hydrogens is 204 g/mol. The Kier molecular flexibility index (Phi) is 7.25. The van der Waals surface area contributed by atoms with Crippen LogP contribution in [0.15, 0.2) is 12.3 Å². The first-order valence-corrected chi connectivity index (χ1v) is 5.77. The molecule has 16 heavy (non-hydrogen) atoms. The molecule has 2 rings (SSSR count). The second-order valence-electron chi connectivity index (χ2n) is 3.51. The molecule has 0 N–H and O–H groups in total. The molecule has 2 aliphatic heterocycles. The zero-order chi connectivity index (χ0) is 12.6. The summed E-state index contributed by atoms with van der Waals surface area (Å²) in [5.41, 5.74) is 0. The second-order valence-corrected chi connectivity index (χ2v) is 3.51. The van der Waals surface area contributed by atoms with Crippen LogP contribution in [0.25, 0.3) is 0 Å². The van der Waals surface area contributed by atoms with Crippen molar-refractivity contribution in [3.63, 3.8) is 0 Å². The van der Waals surface area contributed by atoms with Crippen LogP contribution in [0, 0.1) is 0 Å². The van der Waals surface area contributed by atoms with Crippen LogP contribution in [-0.4, -0.2) is 42.3 Å². The zero-order valence-corrected chi connectivity index (χ0v) is 10.7. The highest BCUT2D eigenvalue weighted by Crippen LogP contribution is 2.04. The van der Waals surface area contributed by atoms with Gasteiger partial charge in [-0.15, -0.1) is 0 Å². The Morgan fingerprint density at radius 1 is 1.12 bits per heavy atom. The third-order valence-electron chi connectivity index (χ3n) is 2.32. The summed E-state index contributed by atoms with van der Waals surface area (Å²) in [5.74, 6) is 0.472. The summed E-state index contributed by atoms with van der Waals surface area (Å²) in [6.45, 7) is 4.96. The lowest BCUT2D eigenvalue weighted by Gasteiger charge is -2.03. The van der Waals surface area contributed by atoms with Crippen molar-refractivity contribution in [3.8, 4) is 0 Å². The van der Waals surface area contributed by atoms with Crippen molar-refractivity contribution in [1.82, 2.24) is 9.80 Å². The average molecular weight is 226 g/mol. The molecule has 1 saturated heterocycles. The van der Waals surface area contributed by atoms with E-state index < -0.39 is 0 Å². The molecule has 0 spiro atoms. The fourth-order valence-electron chi connectivity index (χ4n) is 1.32. The predicted octanol–water partition coefficient (Wildman–Crippen LogP) is 1.63. The van der Waals surface area contributed by atoms with E-state index in [-0.39, 0.29) is 5.91 Å². The molecule has 0 saturated carbocycles. The summed E-state index contributed by atoms with van der Waals surface area (Å²) in [7, 11) is 3.60. The van der Waals surface area contributed by atoms with Crippen molar-refractivity contribution in [2.45, 2.75) is 33.1 Å². The minimum Gasteiger partial charge on any atom is -0.346 e. The molecule has 4 nitrogen and oxygen atoms in total. The highest BCUT2D eigenvalue weighted by molar-refractivity contribution is 5.80. The number of hydrogen-bond donors (Lipinski definition) is 0. The summed E-state index contributed by atoms with van der Waals surface area (Å²) >= 11 is 0. The summed E-state index contributed by atoms with van der Waals surface area (Å²) in [6.07, 6.45) is 6.02. The second kappa shape index (κ2) is 7.91. The first-order chi connectivity index (χ1) is 7.61. The van der Waals surface area contributed by atoms with Crippen molar-refractivity contribution >= 4 is 11.8 Å². The summed E-state index contributed by atoms with van der Waals surface area (Å²) in [6, 6.07) is 0. The summed E-state index contributed by atoms with van der Waals surface area (Å²) in [4.78, 5) is 24.3. The average Bonchev–Trinajstić information content (AvgIpc) is 2.83. The molecular formula is C12H22N2O2. The van der Waals surface area contributed by atoms with Crippen molar-refractivity contribution in [2.75, 3.05) is 20.6 Å².